The Morgan fingerprint density at radius 2 is 1.68 bits per heavy atom. The Kier molecular flexibility index (Phi) is 4.66. The molecule has 0 radical (unpaired) electrons. The van der Waals surface area contributed by atoms with E-state index in [0.717, 1.165) is 11.1 Å². The summed E-state index contributed by atoms with van der Waals surface area (Å²) in [6.45, 7) is 0.948. The first-order valence-corrected chi connectivity index (χ1v) is 7.41. The lowest BCUT2D eigenvalue weighted by Gasteiger charge is -2.22. The van der Waals surface area contributed by atoms with Crippen LogP contribution < -0.4 is 0 Å². The van der Waals surface area contributed by atoms with E-state index in [4.69, 9.17) is 9.47 Å². The van der Waals surface area contributed by atoms with E-state index in [-0.39, 0.29) is 12.1 Å². The van der Waals surface area contributed by atoms with Gasteiger partial charge in [0.15, 0.2) is 0 Å². The Balaban J connectivity index is 1.54. The van der Waals surface area contributed by atoms with E-state index in [1.54, 1.807) is 0 Å². The molecule has 1 aliphatic heterocycles. The predicted octanol–water partition coefficient (Wildman–Crippen LogP) is 3.60. The van der Waals surface area contributed by atoms with Gasteiger partial charge in [-0.05, 0) is 11.1 Å². The van der Waals surface area contributed by atoms with Crippen LogP contribution >= 0.6 is 0 Å². The smallest absolute Gasteiger partial charge is 0.338 e. The predicted molar refractivity (Wildman–Crippen MR) is 85.0 cm³/mol. The maximum absolute atomic E-state index is 12.1. The van der Waals surface area contributed by atoms with Crippen LogP contribution in [0.15, 0.2) is 66.7 Å². The van der Waals surface area contributed by atoms with E-state index in [9.17, 15) is 4.79 Å². The van der Waals surface area contributed by atoms with Crippen molar-refractivity contribution < 1.29 is 14.3 Å². The molecule has 0 saturated carbocycles. The molecule has 0 aliphatic carbocycles. The number of carbonyl (C=O) groups is 1. The highest BCUT2D eigenvalue weighted by molar-refractivity contribution is 6.17. The summed E-state index contributed by atoms with van der Waals surface area (Å²) in [5.41, 5.74) is 2.65. The van der Waals surface area contributed by atoms with Gasteiger partial charge in [-0.25, -0.2) is 4.79 Å². The van der Waals surface area contributed by atoms with E-state index in [2.05, 4.69) is 0 Å². The molecule has 3 heteroatoms. The first-order chi connectivity index (χ1) is 10.8. The van der Waals surface area contributed by atoms with E-state index in [1.165, 1.54) is 0 Å². The van der Waals surface area contributed by atoms with Crippen LogP contribution in [0.3, 0.4) is 0 Å². The molecule has 3 nitrogen and oxygen atoms in total. The van der Waals surface area contributed by atoms with Gasteiger partial charge in [-0.3, -0.25) is 0 Å². The molecule has 0 amide bonds. The summed E-state index contributed by atoms with van der Waals surface area (Å²) in [4.78, 5) is 12.1. The van der Waals surface area contributed by atoms with Gasteiger partial charge in [-0.15, -0.1) is 0 Å². The molecule has 2 aromatic rings. The van der Waals surface area contributed by atoms with Crippen LogP contribution in [0.25, 0.3) is 5.57 Å². The van der Waals surface area contributed by atoms with Crippen molar-refractivity contribution in [2.75, 3.05) is 6.61 Å². The van der Waals surface area contributed by atoms with Crippen molar-refractivity contribution >= 4 is 11.5 Å². The first-order valence-electron chi connectivity index (χ1n) is 7.41. The lowest BCUT2D eigenvalue weighted by atomic mass is 10.0. The summed E-state index contributed by atoms with van der Waals surface area (Å²) in [5.74, 6) is -0.272. The lowest BCUT2D eigenvalue weighted by Crippen LogP contribution is -2.27. The average molecular weight is 294 g/mol. The summed E-state index contributed by atoms with van der Waals surface area (Å²) in [6, 6.07) is 19.6. The lowest BCUT2D eigenvalue weighted by molar-refractivity contribution is -0.146. The van der Waals surface area contributed by atoms with Gasteiger partial charge in [0, 0.05) is 6.42 Å². The third-order valence-electron chi connectivity index (χ3n) is 3.58. The van der Waals surface area contributed by atoms with E-state index in [1.807, 2.05) is 66.7 Å². The van der Waals surface area contributed by atoms with Gasteiger partial charge in [-0.1, -0.05) is 66.7 Å². The molecular weight excluding hydrogens is 276 g/mol. The van der Waals surface area contributed by atoms with Crippen molar-refractivity contribution in [3.63, 3.8) is 0 Å². The van der Waals surface area contributed by atoms with E-state index < -0.39 is 0 Å². The fourth-order valence-electron chi connectivity index (χ4n) is 2.43. The topological polar surface area (TPSA) is 35.5 Å². The minimum absolute atomic E-state index is 0.205. The number of rotatable bonds is 5. The second-order valence-corrected chi connectivity index (χ2v) is 5.25. The average Bonchev–Trinajstić information content (AvgIpc) is 2.57. The minimum Gasteiger partial charge on any atom is -0.456 e. The largest absolute Gasteiger partial charge is 0.456 e. The molecule has 1 atom stereocenters. The Morgan fingerprint density at radius 1 is 1.00 bits per heavy atom. The van der Waals surface area contributed by atoms with Crippen LogP contribution in [0, 0.1) is 0 Å². The molecule has 3 rings (SSSR count). The highest BCUT2D eigenvalue weighted by Crippen LogP contribution is 2.23. The molecule has 0 bridgehead atoms. The molecule has 22 heavy (non-hydrogen) atoms. The summed E-state index contributed by atoms with van der Waals surface area (Å²) >= 11 is 0. The van der Waals surface area contributed by atoms with Gasteiger partial charge < -0.3 is 9.47 Å². The second kappa shape index (κ2) is 7.05. The van der Waals surface area contributed by atoms with Gasteiger partial charge in [0.2, 0.25) is 0 Å². The van der Waals surface area contributed by atoms with Crippen LogP contribution in [0.5, 0.6) is 0 Å². The number of esters is 1. The van der Waals surface area contributed by atoms with Crippen molar-refractivity contribution in [1.82, 2.24) is 0 Å². The quantitative estimate of drug-likeness (QED) is 0.790. The van der Waals surface area contributed by atoms with Crippen LogP contribution in [0.2, 0.25) is 0 Å². The highest BCUT2D eigenvalue weighted by atomic mass is 16.6. The first kappa shape index (κ1) is 14.5. The van der Waals surface area contributed by atoms with Crippen LogP contribution in [-0.2, 0) is 20.9 Å². The molecule has 1 heterocycles. The number of cyclic esters (lactones) is 1. The molecule has 0 aromatic heterocycles. The van der Waals surface area contributed by atoms with Gasteiger partial charge >= 0.3 is 5.97 Å². The summed E-state index contributed by atoms with van der Waals surface area (Å²) in [5, 5.41) is 0. The Morgan fingerprint density at radius 3 is 2.36 bits per heavy atom. The number of benzene rings is 2. The Bertz CT molecular complexity index is 647. The molecule has 0 saturated heterocycles. The molecule has 0 unspecified atom stereocenters. The maximum Gasteiger partial charge on any atom is 0.338 e. The van der Waals surface area contributed by atoms with Crippen molar-refractivity contribution in [1.29, 1.82) is 0 Å². The molecule has 0 fully saturated rings. The van der Waals surface area contributed by atoms with E-state index >= 15 is 0 Å². The molecule has 0 spiro atoms. The van der Waals surface area contributed by atoms with Gasteiger partial charge in [0.25, 0.3) is 0 Å². The van der Waals surface area contributed by atoms with Gasteiger partial charge in [0.1, 0.15) is 6.10 Å². The summed E-state index contributed by atoms with van der Waals surface area (Å²) < 4.78 is 11.1. The zero-order chi connectivity index (χ0) is 15.2. The molecule has 2 aromatic carbocycles. The van der Waals surface area contributed by atoms with Gasteiger partial charge in [0.05, 0.1) is 18.8 Å². The second-order valence-electron chi connectivity index (χ2n) is 5.25. The Labute approximate surface area is 130 Å². The van der Waals surface area contributed by atoms with Crippen molar-refractivity contribution in [3.05, 3.63) is 77.9 Å². The Hall–Kier alpha value is -2.39. The summed E-state index contributed by atoms with van der Waals surface area (Å²) in [6.07, 6.45) is 2.42. The SMILES string of the molecule is O=C1O[C@@H](COCc2ccccc2)CC=C1c1ccccc1. The van der Waals surface area contributed by atoms with Crippen molar-refractivity contribution in [3.8, 4) is 0 Å². The molecular formula is C19H18O3. The number of ether oxygens (including phenoxy) is 2. The monoisotopic (exact) mass is 294 g/mol. The van der Waals surface area contributed by atoms with Crippen molar-refractivity contribution in [2.24, 2.45) is 0 Å². The summed E-state index contributed by atoms with van der Waals surface area (Å²) in [7, 11) is 0. The fourth-order valence-corrected chi connectivity index (χ4v) is 2.43. The third-order valence-corrected chi connectivity index (χ3v) is 3.58. The maximum atomic E-state index is 12.1. The third kappa shape index (κ3) is 3.62. The fraction of sp³-hybridized carbons (Fsp3) is 0.211. The molecule has 1 aliphatic rings. The molecule has 0 N–H and O–H groups in total. The van der Waals surface area contributed by atoms with Crippen LogP contribution in [0.4, 0.5) is 0 Å². The van der Waals surface area contributed by atoms with Crippen molar-refractivity contribution in [2.45, 2.75) is 19.1 Å². The molecule has 112 valence electrons. The standard InChI is InChI=1S/C19H18O3/c20-19-18(16-9-5-2-6-10-16)12-11-17(22-19)14-21-13-15-7-3-1-4-8-15/h1-10,12,17H,11,13-14H2/t17-/m1/s1. The number of hydrogen-bond acceptors (Lipinski definition) is 3. The normalized spacial score (nSPS) is 17.7. The minimum atomic E-state index is -0.272. The van der Waals surface area contributed by atoms with Crippen LogP contribution in [-0.4, -0.2) is 18.7 Å². The highest BCUT2D eigenvalue weighted by Gasteiger charge is 2.23. The zero-order valence-corrected chi connectivity index (χ0v) is 12.3. The van der Waals surface area contributed by atoms with E-state index in [0.29, 0.717) is 25.2 Å². The zero-order valence-electron chi connectivity index (χ0n) is 12.3. The van der Waals surface area contributed by atoms with Crippen LogP contribution in [0.1, 0.15) is 17.5 Å². The number of hydrogen-bond donors (Lipinski definition) is 0. The van der Waals surface area contributed by atoms with Gasteiger partial charge in [-0.2, -0.15) is 0 Å². The number of carbonyl (C=O) groups excluding carboxylic acids is 1.